The molecule has 3 nitrogen and oxygen atoms in total. The van der Waals surface area contributed by atoms with Gasteiger partial charge in [0.15, 0.2) is 0 Å². The van der Waals surface area contributed by atoms with Gasteiger partial charge in [0.25, 0.3) is 0 Å². The Hall–Kier alpha value is -2.34. The Labute approximate surface area is 94.4 Å². The van der Waals surface area contributed by atoms with Crippen molar-refractivity contribution in [2.75, 3.05) is 5.32 Å². The van der Waals surface area contributed by atoms with E-state index in [1.165, 1.54) is 0 Å². The van der Waals surface area contributed by atoms with Crippen LogP contribution in [-0.2, 0) is 6.54 Å². The second-order valence-electron chi connectivity index (χ2n) is 3.33. The van der Waals surface area contributed by atoms with Crippen LogP contribution in [0.2, 0.25) is 0 Å². The molecule has 0 atom stereocenters. The van der Waals surface area contributed by atoms with Gasteiger partial charge in [0.05, 0.1) is 23.5 Å². The largest absolute Gasteiger partial charge is 0.378 e. The van der Waals surface area contributed by atoms with E-state index in [1.807, 2.05) is 36.4 Å². The van der Waals surface area contributed by atoms with Crippen molar-refractivity contribution in [3.05, 3.63) is 59.9 Å². The highest BCUT2D eigenvalue weighted by Crippen LogP contribution is 2.14. The summed E-state index contributed by atoms with van der Waals surface area (Å²) < 4.78 is 0. The maximum Gasteiger partial charge on any atom is 0.101 e. The van der Waals surface area contributed by atoms with Crippen molar-refractivity contribution in [2.24, 2.45) is 0 Å². The number of hydrogen-bond acceptors (Lipinski definition) is 3. The van der Waals surface area contributed by atoms with Crippen LogP contribution >= 0.6 is 0 Å². The molecular weight excluding hydrogens is 198 g/mol. The zero-order chi connectivity index (χ0) is 11.2. The van der Waals surface area contributed by atoms with Crippen LogP contribution in [-0.4, -0.2) is 4.98 Å². The lowest BCUT2D eigenvalue weighted by Crippen LogP contribution is -2.02. The lowest BCUT2D eigenvalue weighted by atomic mass is 10.2. The molecule has 2 aromatic rings. The molecule has 78 valence electrons. The molecular formula is C13H11N3. The van der Waals surface area contributed by atoms with E-state index in [1.54, 1.807) is 12.3 Å². The number of nitrogens with zero attached hydrogens (tertiary/aromatic N) is 2. The lowest BCUT2D eigenvalue weighted by molar-refractivity contribution is 1.04. The fourth-order valence-electron chi connectivity index (χ4n) is 1.42. The number of hydrogen-bond donors (Lipinski definition) is 1. The maximum atomic E-state index is 8.91. The minimum atomic E-state index is 0.625. The molecule has 16 heavy (non-hydrogen) atoms. The molecule has 0 saturated carbocycles. The predicted octanol–water partition coefficient (Wildman–Crippen LogP) is 2.57. The molecule has 2 rings (SSSR count). The van der Waals surface area contributed by atoms with E-state index >= 15 is 0 Å². The van der Waals surface area contributed by atoms with Crippen LogP contribution in [0.3, 0.4) is 0 Å². The first-order chi connectivity index (χ1) is 7.90. The Bertz CT molecular complexity index is 500. The van der Waals surface area contributed by atoms with Crippen LogP contribution in [0.4, 0.5) is 5.69 Å². The van der Waals surface area contributed by atoms with E-state index in [2.05, 4.69) is 16.4 Å². The summed E-state index contributed by atoms with van der Waals surface area (Å²) in [4.78, 5) is 4.20. The molecule has 1 aromatic carbocycles. The standard InChI is InChI=1S/C13H11N3/c14-9-11-5-1-2-7-13(11)16-10-12-6-3-4-8-15-12/h1-8,16H,10H2. The molecule has 0 saturated heterocycles. The molecule has 1 heterocycles. The van der Waals surface area contributed by atoms with Crippen LogP contribution < -0.4 is 5.32 Å². The van der Waals surface area contributed by atoms with Gasteiger partial charge in [-0.3, -0.25) is 4.98 Å². The third kappa shape index (κ3) is 2.37. The number of benzene rings is 1. The normalized spacial score (nSPS) is 9.44. The Morgan fingerprint density at radius 1 is 1.12 bits per heavy atom. The zero-order valence-electron chi connectivity index (χ0n) is 8.72. The smallest absolute Gasteiger partial charge is 0.101 e. The summed E-state index contributed by atoms with van der Waals surface area (Å²) in [5.41, 5.74) is 2.45. The van der Waals surface area contributed by atoms with Gasteiger partial charge in [0, 0.05) is 6.20 Å². The predicted molar refractivity (Wildman–Crippen MR) is 62.7 cm³/mol. The third-order valence-electron chi connectivity index (χ3n) is 2.23. The number of para-hydroxylation sites is 1. The zero-order valence-corrected chi connectivity index (χ0v) is 8.72. The van der Waals surface area contributed by atoms with Gasteiger partial charge in [-0.25, -0.2) is 0 Å². The van der Waals surface area contributed by atoms with Crippen molar-refractivity contribution >= 4 is 5.69 Å². The minimum Gasteiger partial charge on any atom is -0.378 e. The van der Waals surface area contributed by atoms with Crippen molar-refractivity contribution < 1.29 is 0 Å². The van der Waals surface area contributed by atoms with E-state index < -0.39 is 0 Å². The molecule has 0 aliphatic carbocycles. The van der Waals surface area contributed by atoms with Crippen molar-refractivity contribution in [1.29, 1.82) is 5.26 Å². The van der Waals surface area contributed by atoms with Crippen LogP contribution in [0.1, 0.15) is 11.3 Å². The van der Waals surface area contributed by atoms with Crippen molar-refractivity contribution in [3.8, 4) is 6.07 Å². The summed E-state index contributed by atoms with van der Waals surface area (Å²) in [6, 6.07) is 15.4. The molecule has 1 N–H and O–H groups in total. The molecule has 0 bridgehead atoms. The van der Waals surface area contributed by atoms with E-state index in [9.17, 15) is 0 Å². The molecule has 0 aliphatic rings. The van der Waals surface area contributed by atoms with Gasteiger partial charge in [-0.05, 0) is 24.3 Å². The molecule has 0 unspecified atom stereocenters. The van der Waals surface area contributed by atoms with Gasteiger partial charge in [-0.15, -0.1) is 0 Å². The Morgan fingerprint density at radius 3 is 2.69 bits per heavy atom. The summed E-state index contributed by atoms with van der Waals surface area (Å²) in [7, 11) is 0. The average Bonchev–Trinajstić information content (AvgIpc) is 2.38. The van der Waals surface area contributed by atoms with Gasteiger partial charge < -0.3 is 5.32 Å². The van der Waals surface area contributed by atoms with Crippen LogP contribution in [0.15, 0.2) is 48.7 Å². The fraction of sp³-hybridized carbons (Fsp3) is 0.0769. The first kappa shape index (κ1) is 10.2. The molecule has 0 aliphatic heterocycles. The Balaban J connectivity index is 2.09. The molecule has 0 radical (unpaired) electrons. The second kappa shape index (κ2) is 4.94. The molecule has 1 aromatic heterocycles. The number of nitrogens with one attached hydrogen (secondary N) is 1. The average molecular weight is 209 g/mol. The number of pyridine rings is 1. The highest BCUT2D eigenvalue weighted by Gasteiger charge is 1.99. The van der Waals surface area contributed by atoms with Crippen molar-refractivity contribution in [2.45, 2.75) is 6.54 Å². The first-order valence-electron chi connectivity index (χ1n) is 5.03. The van der Waals surface area contributed by atoms with Crippen LogP contribution in [0.5, 0.6) is 0 Å². The molecule has 3 heteroatoms. The molecule has 0 amide bonds. The van der Waals surface area contributed by atoms with E-state index in [0.717, 1.165) is 11.4 Å². The highest BCUT2D eigenvalue weighted by molar-refractivity contribution is 5.57. The monoisotopic (exact) mass is 209 g/mol. The number of aromatic nitrogens is 1. The summed E-state index contributed by atoms with van der Waals surface area (Å²) >= 11 is 0. The van der Waals surface area contributed by atoms with Crippen molar-refractivity contribution in [3.63, 3.8) is 0 Å². The van der Waals surface area contributed by atoms with Crippen LogP contribution in [0, 0.1) is 11.3 Å². The second-order valence-corrected chi connectivity index (χ2v) is 3.33. The lowest BCUT2D eigenvalue weighted by Gasteiger charge is -2.06. The quantitative estimate of drug-likeness (QED) is 0.845. The van der Waals surface area contributed by atoms with Crippen molar-refractivity contribution in [1.82, 2.24) is 4.98 Å². The van der Waals surface area contributed by atoms with Gasteiger partial charge in [0.2, 0.25) is 0 Å². The summed E-state index contributed by atoms with van der Waals surface area (Å²) in [5.74, 6) is 0. The van der Waals surface area contributed by atoms with E-state index in [0.29, 0.717) is 12.1 Å². The fourth-order valence-corrected chi connectivity index (χ4v) is 1.42. The van der Waals surface area contributed by atoms with Crippen LogP contribution in [0.25, 0.3) is 0 Å². The van der Waals surface area contributed by atoms with E-state index in [4.69, 9.17) is 5.26 Å². The number of anilines is 1. The maximum absolute atomic E-state index is 8.91. The number of nitriles is 1. The Kier molecular flexibility index (Phi) is 3.15. The molecule has 0 fully saturated rings. The van der Waals surface area contributed by atoms with Gasteiger partial charge in [-0.2, -0.15) is 5.26 Å². The minimum absolute atomic E-state index is 0.625. The van der Waals surface area contributed by atoms with Gasteiger partial charge in [-0.1, -0.05) is 18.2 Å². The SMILES string of the molecule is N#Cc1ccccc1NCc1ccccn1. The topological polar surface area (TPSA) is 48.7 Å². The highest BCUT2D eigenvalue weighted by atomic mass is 14.9. The van der Waals surface area contributed by atoms with Gasteiger partial charge in [0.1, 0.15) is 6.07 Å². The Morgan fingerprint density at radius 2 is 1.94 bits per heavy atom. The number of rotatable bonds is 3. The first-order valence-corrected chi connectivity index (χ1v) is 5.03. The van der Waals surface area contributed by atoms with E-state index in [-0.39, 0.29) is 0 Å². The summed E-state index contributed by atoms with van der Waals surface area (Å²) in [6.07, 6.45) is 1.76. The summed E-state index contributed by atoms with van der Waals surface area (Å²) in [6.45, 7) is 0.625. The third-order valence-corrected chi connectivity index (χ3v) is 2.23. The summed E-state index contributed by atoms with van der Waals surface area (Å²) in [5, 5.41) is 12.1. The molecule has 0 spiro atoms. The van der Waals surface area contributed by atoms with Gasteiger partial charge >= 0.3 is 0 Å².